The lowest BCUT2D eigenvalue weighted by Gasteiger charge is -2.17. The molecule has 0 radical (unpaired) electrons. The summed E-state index contributed by atoms with van der Waals surface area (Å²) in [4.78, 5) is 11.1. The van der Waals surface area contributed by atoms with Gasteiger partial charge in [-0.25, -0.2) is 4.52 Å². The minimum absolute atomic E-state index is 0.482. The van der Waals surface area contributed by atoms with E-state index in [1.807, 2.05) is 24.4 Å². The first-order valence-electron chi connectivity index (χ1n) is 5.15. The molecular weight excluding hydrogens is 204 g/mol. The van der Waals surface area contributed by atoms with E-state index >= 15 is 0 Å². The number of fused-ring (bicyclic) bond motifs is 1. The van der Waals surface area contributed by atoms with Crippen LogP contribution in [0, 0.1) is 5.41 Å². The Morgan fingerprint density at radius 2 is 2.25 bits per heavy atom. The predicted molar refractivity (Wildman–Crippen MR) is 60.3 cm³/mol. The molecular formula is C12H14N2O2. The Morgan fingerprint density at radius 1 is 1.50 bits per heavy atom. The van der Waals surface area contributed by atoms with E-state index < -0.39 is 11.4 Å². The number of nitrogens with zero attached hydrogens (tertiary/aromatic N) is 2. The van der Waals surface area contributed by atoms with Gasteiger partial charge in [-0.2, -0.15) is 5.10 Å². The summed E-state index contributed by atoms with van der Waals surface area (Å²) in [6, 6.07) is 5.76. The quantitative estimate of drug-likeness (QED) is 0.857. The number of carbonyl (C=O) groups is 1. The molecule has 0 amide bonds. The number of aromatic nitrogens is 2. The summed E-state index contributed by atoms with van der Waals surface area (Å²) in [5.74, 6) is -0.789. The first kappa shape index (κ1) is 10.7. The Kier molecular flexibility index (Phi) is 2.42. The number of pyridine rings is 1. The van der Waals surface area contributed by atoms with Crippen molar-refractivity contribution in [3.05, 3.63) is 36.2 Å². The van der Waals surface area contributed by atoms with Crippen molar-refractivity contribution in [2.75, 3.05) is 0 Å². The topological polar surface area (TPSA) is 54.6 Å². The molecule has 1 N–H and O–H groups in total. The zero-order chi connectivity index (χ0) is 11.8. The Labute approximate surface area is 93.5 Å². The molecule has 0 spiro atoms. The molecule has 0 saturated carbocycles. The molecule has 0 unspecified atom stereocenters. The maximum Gasteiger partial charge on any atom is 0.309 e. The van der Waals surface area contributed by atoms with Crippen LogP contribution in [0.3, 0.4) is 0 Å². The van der Waals surface area contributed by atoms with Crippen LogP contribution in [-0.2, 0) is 11.2 Å². The van der Waals surface area contributed by atoms with E-state index in [0.717, 1.165) is 11.1 Å². The van der Waals surface area contributed by atoms with Gasteiger partial charge in [0.1, 0.15) is 0 Å². The molecule has 4 heteroatoms. The molecule has 0 aliphatic heterocycles. The highest BCUT2D eigenvalue weighted by Gasteiger charge is 2.28. The molecule has 84 valence electrons. The van der Waals surface area contributed by atoms with Gasteiger partial charge in [0.05, 0.1) is 17.1 Å². The standard InChI is InChI=1S/C12H14N2O2/c1-12(2,11(15)16)7-9-8-13-14-6-4-3-5-10(9)14/h3-6,8H,7H2,1-2H3,(H,15,16). The van der Waals surface area contributed by atoms with Crippen LogP contribution in [0.5, 0.6) is 0 Å². The Hall–Kier alpha value is -1.84. The maximum absolute atomic E-state index is 11.1. The lowest BCUT2D eigenvalue weighted by molar-refractivity contribution is -0.146. The van der Waals surface area contributed by atoms with Crippen LogP contribution in [-0.4, -0.2) is 20.7 Å². The van der Waals surface area contributed by atoms with E-state index in [2.05, 4.69) is 5.10 Å². The van der Waals surface area contributed by atoms with E-state index in [1.165, 1.54) is 0 Å². The molecule has 0 aromatic carbocycles. The van der Waals surface area contributed by atoms with Crippen LogP contribution in [0.15, 0.2) is 30.6 Å². The van der Waals surface area contributed by atoms with Crippen molar-refractivity contribution < 1.29 is 9.90 Å². The SMILES string of the molecule is CC(C)(Cc1cnn2ccccc12)C(=O)O. The highest BCUT2D eigenvalue weighted by molar-refractivity contribution is 5.74. The van der Waals surface area contributed by atoms with Gasteiger partial charge in [0.15, 0.2) is 0 Å². The summed E-state index contributed by atoms with van der Waals surface area (Å²) in [7, 11) is 0. The van der Waals surface area contributed by atoms with Crippen LogP contribution in [0.2, 0.25) is 0 Å². The van der Waals surface area contributed by atoms with E-state index in [1.54, 1.807) is 24.6 Å². The van der Waals surface area contributed by atoms with Crippen molar-refractivity contribution in [1.82, 2.24) is 9.61 Å². The largest absolute Gasteiger partial charge is 0.481 e. The smallest absolute Gasteiger partial charge is 0.309 e. The molecule has 16 heavy (non-hydrogen) atoms. The van der Waals surface area contributed by atoms with E-state index in [0.29, 0.717) is 6.42 Å². The fourth-order valence-electron chi connectivity index (χ4n) is 1.68. The van der Waals surface area contributed by atoms with Gasteiger partial charge in [0.2, 0.25) is 0 Å². The van der Waals surface area contributed by atoms with Gasteiger partial charge in [-0.3, -0.25) is 4.79 Å². The van der Waals surface area contributed by atoms with Crippen LogP contribution in [0.1, 0.15) is 19.4 Å². The zero-order valence-corrected chi connectivity index (χ0v) is 9.34. The minimum atomic E-state index is -0.789. The summed E-state index contributed by atoms with van der Waals surface area (Å²) >= 11 is 0. The van der Waals surface area contributed by atoms with E-state index in [9.17, 15) is 4.79 Å². The maximum atomic E-state index is 11.1. The van der Waals surface area contributed by atoms with Crippen molar-refractivity contribution in [2.45, 2.75) is 20.3 Å². The van der Waals surface area contributed by atoms with Crippen molar-refractivity contribution >= 4 is 11.5 Å². The average molecular weight is 218 g/mol. The van der Waals surface area contributed by atoms with Gasteiger partial charge in [0.25, 0.3) is 0 Å². The van der Waals surface area contributed by atoms with Gasteiger partial charge in [-0.1, -0.05) is 6.07 Å². The van der Waals surface area contributed by atoms with Gasteiger partial charge < -0.3 is 5.11 Å². The fourth-order valence-corrected chi connectivity index (χ4v) is 1.68. The van der Waals surface area contributed by atoms with Gasteiger partial charge in [-0.05, 0) is 38.0 Å². The molecule has 0 aliphatic rings. The molecule has 4 nitrogen and oxygen atoms in total. The van der Waals surface area contributed by atoms with Crippen LogP contribution in [0.4, 0.5) is 0 Å². The van der Waals surface area contributed by atoms with Crippen molar-refractivity contribution in [3.63, 3.8) is 0 Å². The van der Waals surface area contributed by atoms with Crippen LogP contribution in [0.25, 0.3) is 5.52 Å². The molecule has 0 fully saturated rings. The molecule has 2 rings (SSSR count). The van der Waals surface area contributed by atoms with Gasteiger partial charge in [0, 0.05) is 6.20 Å². The summed E-state index contributed by atoms with van der Waals surface area (Å²) in [6.07, 6.45) is 4.07. The van der Waals surface area contributed by atoms with Gasteiger partial charge in [-0.15, -0.1) is 0 Å². The Balaban J connectivity index is 2.38. The number of rotatable bonds is 3. The normalized spacial score (nSPS) is 11.9. The zero-order valence-electron chi connectivity index (χ0n) is 9.34. The minimum Gasteiger partial charge on any atom is -0.481 e. The molecule has 0 saturated heterocycles. The Morgan fingerprint density at radius 3 is 2.94 bits per heavy atom. The number of carboxylic acid groups (broad SMARTS) is 1. The fraction of sp³-hybridized carbons (Fsp3) is 0.333. The summed E-state index contributed by atoms with van der Waals surface area (Å²) in [5.41, 5.74) is 1.17. The van der Waals surface area contributed by atoms with Crippen molar-refractivity contribution in [2.24, 2.45) is 5.41 Å². The summed E-state index contributed by atoms with van der Waals surface area (Å²) < 4.78 is 1.76. The summed E-state index contributed by atoms with van der Waals surface area (Å²) in [5, 5.41) is 13.3. The first-order valence-corrected chi connectivity index (χ1v) is 5.15. The molecule has 2 aromatic heterocycles. The number of hydrogen-bond acceptors (Lipinski definition) is 2. The third kappa shape index (κ3) is 1.78. The van der Waals surface area contributed by atoms with Crippen LogP contribution >= 0.6 is 0 Å². The summed E-state index contributed by atoms with van der Waals surface area (Å²) in [6.45, 7) is 3.45. The highest BCUT2D eigenvalue weighted by Crippen LogP contribution is 2.24. The molecule has 2 aromatic rings. The highest BCUT2D eigenvalue weighted by atomic mass is 16.4. The lowest BCUT2D eigenvalue weighted by atomic mass is 9.86. The second kappa shape index (κ2) is 3.63. The van der Waals surface area contributed by atoms with Crippen molar-refractivity contribution in [3.8, 4) is 0 Å². The number of aliphatic carboxylic acids is 1. The number of hydrogen-bond donors (Lipinski definition) is 1. The monoisotopic (exact) mass is 218 g/mol. The molecule has 0 atom stereocenters. The predicted octanol–water partition coefficient (Wildman–Crippen LogP) is 1.99. The van der Waals surface area contributed by atoms with Crippen molar-refractivity contribution in [1.29, 1.82) is 0 Å². The second-order valence-electron chi connectivity index (χ2n) is 4.57. The lowest BCUT2D eigenvalue weighted by Crippen LogP contribution is -2.26. The van der Waals surface area contributed by atoms with Crippen LogP contribution < -0.4 is 0 Å². The average Bonchev–Trinajstić information content (AvgIpc) is 2.61. The third-order valence-electron chi connectivity index (χ3n) is 2.72. The third-order valence-corrected chi connectivity index (χ3v) is 2.72. The Bertz CT molecular complexity index is 529. The first-order chi connectivity index (χ1) is 7.50. The number of carboxylic acids is 1. The second-order valence-corrected chi connectivity index (χ2v) is 4.57. The van der Waals surface area contributed by atoms with E-state index in [4.69, 9.17) is 5.11 Å². The molecule has 0 aliphatic carbocycles. The van der Waals surface area contributed by atoms with E-state index in [-0.39, 0.29) is 0 Å². The molecule has 2 heterocycles. The van der Waals surface area contributed by atoms with Gasteiger partial charge >= 0.3 is 5.97 Å². The molecule has 0 bridgehead atoms.